The first-order valence-electron chi connectivity index (χ1n) is 7.30. The van der Waals surface area contributed by atoms with Crippen molar-refractivity contribution in [1.82, 2.24) is 0 Å². The first-order valence-corrected chi connectivity index (χ1v) is 8.12. The molecule has 1 heterocycles. The number of hydrogen-bond acceptors (Lipinski definition) is 4. The van der Waals surface area contributed by atoms with E-state index in [0.29, 0.717) is 10.8 Å². The minimum atomic E-state index is -0.890. The average Bonchev–Trinajstić information content (AvgIpc) is 2.80. The molecule has 0 fully saturated rings. The van der Waals surface area contributed by atoms with Gasteiger partial charge in [-0.2, -0.15) is 0 Å². The zero-order valence-electron chi connectivity index (χ0n) is 13.1. The average molecular weight is 309 g/mol. The van der Waals surface area contributed by atoms with E-state index in [0.717, 1.165) is 19.3 Å². The van der Waals surface area contributed by atoms with Gasteiger partial charge in [0.25, 0.3) is 5.91 Å². The number of amides is 1. The summed E-state index contributed by atoms with van der Waals surface area (Å²) in [5.74, 6) is -0.446. The molecule has 1 aromatic heterocycles. The number of fused-ring (bicyclic) bond motifs is 1. The lowest BCUT2D eigenvalue weighted by Gasteiger charge is -2.33. The number of carbonyl (C=O) groups excluding carboxylic acids is 2. The van der Waals surface area contributed by atoms with Crippen molar-refractivity contribution >= 4 is 23.2 Å². The second-order valence-electron chi connectivity index (χ2n) is 6.81. The summed E-state index contributed by atoms with van der Waals surface area (Å²) in [5.41, 5.74) is 6.65. The van der Waals surface area contributed by atoms with Crippen LogP contribution in [0.2, 0.25) is 0 Å². The number of hydrogen-bond donors (Lipinski definition) is 1. The highest BCUT2D eigenvalue weighted by Gasteiger charge is 2.31. The van der Waals surface area contributed by atoms with Gasteiger partial charge in [0.15, 0.2) is 6.10 Å². The van der Waals surface area contributed by atoms with Crippen LogP contribution >= 0.6 is 11.3 Å². The maximum atomic E-state index is 12.0. The highest BCUT2D eigenvalue weighted by atomic mass is 32.1. The molecular formula is C16H23NO3S. The highest BCUT2D eigenvalue weighted by molar-refractivity contribution is 7.14. The van der Waals surface area contributed by atoms with Gasteiger partial charge in [-0.05, 0) is 49.1 Å². The smallest absolute Gasteiger partial charge is 0.349 e. The SMILES string of the molecule is C[C@H](OC(=O)c1cc2c(s1)CC[C@H](C(C)(C)C)C2)C(N)=O. The van der Waals surface area contributed by atoms with E-state index in [-0.39, 0.29) is 5.41 Å². The van der Waals surface area contributed by atoms with Crippen molar-refractivity contribution in [2.75, 3.05) is 0 Å². The Morgan fingerprint density at radius 3 is 2.67 bits per heavy atom. The molecule has 21 heavy (non-hydrogen) atoms. The predicted molar refractivity (Wildman–Crippen MR) is 83.4 cm³/mol. The van der Waals surface area contributed by atoms with Gasteiger partial charge in [0.1, 0.15) is 4.88 Å². The molecule has 0 saturated carbocycles. The molecule has 0 saturated heterocycles. The first-order chi connectivity index (χ1) is 9.68. The van der Waals surface area contributed by atoms with Crippen LogP contribution in [0, 0.1) is 11.3 Å². The Labute approximate surface area is 129 Å². The van der Waals surface area contributed by atoms with Gasteiger partial charge in [0.2, 0.25) is 0 Å². The lowest BCUT2D eigenvalue weighted by Crippen LogP contribution is -2.30. The Balaban J connectivity index is 2.11. The standard InChI is InChI=1S/C16H23NO3S/c1-9(14(17)18)20-15(19)13-8-10-7-11(16(2,3)4)5-6-12(10)21-13/h8-9,11H,5-7H2,1-4H3,(H2,17,18)/t9-,11-/m0/s1. The van der Waals surface area contributed by atoms with Crippen LogP contribution in [0.15, 0.2) is 6.07 Å². The highest BCUT2D eigenvalue weighted by Crippen LogP contribution is 2.40. The number of esters is 1. The van der Waals surface area contributed by atoms with Gasteiger partial charge in [-0.1, -0.05) is 20.8 Å². The molecule has 0 radical (unpaired) electrons. The van der Waals surface area contributed by atoms with E-state index in [1.54, 1.807) is 0 Å². The zero-order valence-corrected chi connectivity index (χ0v) is 13.9. The summed E-state index contributed by atoms with van der Waals surface area (Å²) >= 11 is 1.48. The fourth-order valence-corrected chi connectivity index (χ4v) is 3.73. The second kappa shape index (κ2) is 5.79. The summed E-state index contributed by atoms with van der Waals surface area (Å²) in [6.45, 7) is 8.28. The number of primary amides is 1. The quantitative estimate of drug-likeness (QED) is 0.873. The molecule has 1 amide bonds. The van der Waals surface area contributed by atoms with Gasteiger partial charge < -0.3 is 10.5 Å². The third-order valence-corrected chi connectivity index (χ3v) is 5.41. The molecule has 1 aliphatic carbocycles. The molecule has 1 aromatic rings. The van der Waals surface area contributed by atoms with E-state index in [9.17, 15) is 9.59 Å². The van der Waals surface area contributed by atoms with Crippen LogP contribution in [0.1, 0.15) is 54.2 Å². The summed E-state index contributed by atoms with van der Waals surface area (Å²) in [6, 6.07) is 1.92. The summed E-state index contributed by atoms with van der Waals surface area (Å²) in [7, 11) is 0. The third kappa shape index (κ3) is 3.64. The van der Waals surface area contributed by atoms with Crippen LogP contribution in [0.3, 0.4) is 0 Å². The van der Waals surface area contributed by atoms with Crippen molar-refractivity contribution < 1.29 is 14.3 Å². The summed E-state index contributed by atoms with van der Waals surface area (Å²) < 4.78 is 5.07. The molecule has 0 aromatic carbocycles. The maximum Gasteiger partial charge on any atom is 0.349 e. The van der Waals surface area contributed by atoms with Crippen LogP contribution < -0.4 is 5.73 Å². The molecule has 0 bridgehead atoms. The molecule has 1 aliphatic rings. The van der Waals surface area contributed by atoms with Crippen molar-refractivity contribution in [2.45, 2.75) is 53.1 Å². The second-order valence-corrected chi connectivity index (χ2v) is 7.95. The Bertz CT molecular complexity index is 556. The minimum absolute atomic E-state index is 0.279. The Morgan fingerprint density at radius 2 is 2.10 bits per heavy atom. The van der Waals surface area contributed by atoms with Gasteiger partial charge in [0.05, 0.1) is 0 Å². The van der Waals surface area contributed by atoms with Gasteiger partial charge in [0, 0.05) is 4.88 Å². The van der Waals surface area contributed by atoms with Crippen LogP contribution in [-0.2, 0) is 22.4 Å². The summed E-state index contributed by atoms with van der Waals surface area (Å²) in [6.07, 6.45) is 2.29. The number of carbonyl (C=O) groups is 2. The van der Waals surface area contributed by atoms with Gasteiger partial charge in [-0.15, -0.1) is 11.3 Å². The number of rotatable bonds is 3. The number of nitrogens with two attached hydrogens (primary N) is 1. The Morgan fingerprint density at radius 1 is 1.43 bits per heavy atom. The monoisotopic (exact) mass is 309 g/mol. The molecule has 0 spiro atoms. The lowest BCUT2D eigenvalue weighted by atomic mass is 9.72. The fourth-order valence-electron chi connectivity index (χ4n) is 2.64. The van der Waals surface area contributed by atoms with E-state index in [2.05, 4.69) is 20.8 Å². The van der Waals surface area contributed by atoms with Crippen molar-refractivity contribution in [2.24, 2.45) is 17.1 Å². The van der Waals surface area contributed by atoms with Crippen LogP contribution in [0.4, 0.5) is 0 Å². The third-order valence-electron chi connectivity index (χ3n) is 4.19. The number of aryl methyl sites for hydroxylation is 1. The van der Waals surface area contributed by atoms with Gasteiger partial charge >= 0.3 is 5.97 Å². The van der Waals surface area contributed by atoms with Crippen molar-refractivity contribution in [1.29, 1.82) is 0 Å². The number of ether oxygens (including phenoxy) is 1. The van der Waals surface area contributed by atoms with Crippen LogP contribution in [0.5, 0.6) is 0 Å². The predicted octanol–water partition coefficient (Wildman–Crippen LogP) is 2.93. The Kier molecular flexibility index (Phi) is 4.42. The van der Waals surface area contributed by atoms with Crippen molar-refractivity contribution in [3.63, 3.8) is 0 Å². The molecule has 5 heteroatoms. The molecule has 0 aliphatic heterocycles. The zero-order chi connectivity index (χ0) is 15.8. The molecule has 2 rings (SSSR count). The summed E-state index contributed by atoms with van der Waals surface area (Å²) in [5, 5.41) is 0. The first kappa shape index (κ1) is 16.0. The van der Waals surface area contributed by atoms with E-state index in [1.807, 2.05) is 6.07 Å². The van der Waals surface area contributed by atoms with Crippen LogP contribution in [0.25, 0.3) is 0 Å². The van der Waals surface area contributed by atoms with Gasteiger partial charge in [-0.25, -0.2) is 4.79 Å². The van der Waals surface area contributed by atoms with Crippen molar-refractivity contribution in [3.8, 4) is 0 Å². The van der Waals surface area contributed by atoms with E-state index in [4.69, 9.17) is 10.5 Å². The molecular weight excluding hydrogens is 286 g/mol. The molecule has 116 valence electrons. The van der Waals surface area contributed by atoms with Crippen LogP contribution in [-0.4, -0.2) is 18.0 Å². The lowest BCUT2D eigenvalue weighted by molar-refractivity contribution is -0.125. The van der Waals surface area contributed by atoms with E-state index >= 15 is 0 Å². The topological polar surface area (TPSA) is 69.4 Å². The molecule has 2 atom stereocenters. The molecule has 4 nitrogen and oxygen atoms in total. The number of thiophene rings is 1. The Hall–Kier alpha value is -1.36. The molecule has 0 unspecified atom stereocenters. The van der Waals surface area contributed by atoms with Crippen molar-refractivity contribution in [3.05, 3.63) is 21.4 Å². The van der Waals surface area contributed by atoms with E-state index in [1.165, 1.54) is 28.7 Å². The minimum Gasteiger partial charge on any atom is -0.448 e. The fraction of sp³-hybridized carbons (Fsp3) is 0.625. The largest absolute Gasteiger partial charge is 0.448 e. The molecule has 2 N–H and O–H groups in total. The van der Waals surface area contributed by atoms with Gasteiger partial charge in [-0.3, -0.25) is 4.79 Å². The normalized spacial score (nSPS) is 19.7. The maximum absolute atomic E-state index is 12.0. The summed E-state index contributed by atoms with van der Waals surface area (Å²) in [4.78, 5) is 24.8. The van der Waals surface area contributed by atoms with E-state index < -0.39 is 18.0 Å².